The van der Waals surface area contributed by atoms with E-state index in [2.05, 4.69) is 5.92 Å². The maximum absolute atomic E-state index is 6.92. The lowest BCUT2D eigenvalue weighted by Crippen LogP contribution is -1.76. The summed E-state index contributed by atoms with van der Waals surface area (Å²) >= 11 is 0. The molecular formula is C7H9N. The molecule has 8 heavy (non-hydrogen) atoms. The molecule has 0 aromatic heterocycles. The van der Waals surface area contributed by atoms with Gasteiger partial charge in [-0.15, -0.1) is 12.3 Å². The molecule has 0 saturated carbocycles. The van der Waals surface area contributed by atoms with Gasteiger partial charge >= 0.3 is 0 Å². The van der Waals surface area contributed by atoms with Crippen molar-refractivity contribution in [2.24, 2.45) is 0 Å². The van der Waals surface area contributed by atoms with Gasteiger partial charge in [0.25, 0.3) is 0 Å². The van der Waals surface area contributed by atoms with E-state index in [0.29, 0.717) is 12.1 Å². The zero-order chi connectivity index (χ0) is 6.41. The van der Waals surface area contributed by atoms with Crippen LogP contribution in [-0.4, -0.2) is 5.71 Å². The van der Waals surface area contributed by atoms with Gasteiger partial charge in [-0.05, 0) is 13.0 Å². The summed E-state index contributed by atoms with van der Waals surface area (Å²) in [6.45, 7) is 1.72. The van der Waals surface area contributed by atoms with Crippen LogP contribution < -0.4 is 0 Å². The van der Waals surface area contributed by atoms with Crippen molar-refractivity contribution in [2.45, 2.75) is 13.3 Å². The minimum absolute atomic E-state index is 0.542. The summed E-state index contributed by atoms with van der Waals surface area (Å²) in [4.78, 5) is 0. The van der Waals surface area contributed by atoms with Crippen molar-refractivity contribution in [1.82, 2.24) is 0 Å². The van der Waals surface area contributed by atoms with E-state index in [-0.39, 0.29) is 0 Å². The minimum atomic E-state index is 0.542. The van der Waals surface area contributed by atoms with Gasteiger partial charge in [-0.3, -0.25) is 0 Å². The van der Waals surface area contributed by atoms with Gasteiger partial charge in [0, 0.05) is 12.1 Å². The van der Waals surface area contributed by atoms with Crippen LogP contribution in [0.2, 0.25) is 0 Å². The zero-order valence-corrected chi connectivity index (χ0v) is 4.94. The highest BCUT2D eigenvalue weighted by atomic mass is 14.4. The first-order valence-corrected chi connectivity index (χ1v) is 2.42. The lowest BCUT2D eigenvalue weighted by atomic mass is 10.3. The SMILES string of the molecule is C#CC/C=C\C(C)=N. The van der Waals surface area contributed by atoms with Gasteiger partial charge in [-0.25, -0.2) is 0 Å². The highest BCUT2D eigenvalue weighted by Gasteiger charge is 1.71. The number of hydrogen-bond acceptors (Lipinski definition) is 1. The predicted molar refractivity (Wildman–Crippen MR) is 36.0 cm³/mol. The van der Waals surface area contributed by atoms with Gasteiger partial charge in [0.05, 0.1) is 0 Å². The van der Waals surface area contributed by atoms with E-state index in [1.807, 2.05) is 0 Å². The molecule has 0 radical (unpaired) electrons. The smallest absolute Gasteiger partial charge is 0.0280 e. The van der Waals surface area contributed by atoms with Crippen molar-refractivity contribution in [3.63, 3.8) is 0 Å². The standard InChI is InChI=1S/C7H9N/c1-3-4-5-6-7(2)8/h1,5-6,8H,4H2,2H3/b6-5-,8-7?. The molecule has 0 aliphatic carbocycles. The largest absolute Gasteiger partial charge is 0.306 e. The van der Waals surface area contributed by atoms with Gasteiger partial charge in [0.1, 0.15) is 0 Å². The number of terminal acetylenes is 1. The Balaban J connectivity index is 3.38. The molecule has 0 aromatic carbocycles. The summed E-state index contributed by atoms with van der Waals surface area (Å²) in [5.74, 6) is 2.44. The Morgan fingerprint density at radius 2 is 2.50 bits per heavy atom. The third-order valence-corrected chi connectivity index (χ3v) is 0.604. The second kappa shape index (κ2) is 4.14. The normalized spacial score (nSPS) is 9.00. The van der Waals surface area contributed by atoms with Gasteiger partial charge < -0.3 is 5.41 Å². The first kappa shape index (κ1) is 6.97. The van der Waals surface area contributed by atoms with Gasteiger partial charge in [0.15, 0.2) is 0 Å². The Bertz CT molecular complexity index is 137. The van der Waals surface area contributed by atoms with E-state index in [4.69, 9.17) is 11.8 Å². The first-order valence-electron chi connectivity index (χ1n) is 2.42. The second-order valence-corrected chi connectivity index (χ2v) is 1.49. The Morgan fingerprint density at radius 3 is 2.88 bits per heavy atom. The molecule has 42 valence electrons. The topological polar surface area (TPSA) is 23.9 Å². The number of allylic oxidation sites excluding steroid dienone is 2. The molecule has 0 bridgehead atoms. The van der Waals surface area contributed by atoms with Crippen LogP contribution in [0.1, 0.15) is 13.3 Å². The molecule has 0 aromatic rings. The molecule has 0 rings (SSSR count). The van der Waals surface area contributed by atoms with E-state index in [9.17, 15) is 0 Å². The van der Waals surface area contributed by atoms with Crippen LogP contribution in [0.15, 0.2) is 12.2 Å². The Kier molecular flexibility index (Phi) is 3.60. The van der Waals surface area contributed by atoms with Crippen molar-refractivity contribution in [3.05, 3.63) is 12.2 Å². The average Bonchev–Trinajstić information content (AvgIpc) is 1.66. The molecule has 0 aliphatic heterocycles. The fourth-order valence-electron chi connectivity index (χ4n) is 0.304. The quantitative estimate of drug-likeness (QED) is 0.409. The fraction of sp³-hybridized carbons (Fsp3) is 0.286. The van der Waals surface area contributed by atoms with Crippen molar-refractivity contribution in [2.75, 3.05) is 0 Å². The average molecular weight is 107 g/mol. The predicted octanol–water partition coefficient (Wildman–Crippen LogP) is 1.61. The van der Waals surface area contributed by atoms with Crippen LogP contribution in [-0.2, 0) is 0 Å². The molecule has 0 fully saturated rings. The van der Waals surface area contributed by atoms with Crippen molar-refractivity contribution in [1.29, 1.82) is 5.41 Å². The lowest BCUT2D eigenvalue weighted by molar-refractivity contribution is 1.45. The highest BCUT2D eigenvalue weighted by molar-refractivity contribution is 5.89. The van der Waals surface area contributed by atoms with Gasteiger partial charge in [-0.2, -0.15) is 0 Å². The van der Waals surface area contributed by atoms with Crippen molar-refractivity contribution in [3.8, 4) is 12.3 Å². The van der Waals surface area contributed by atoms with Crippen LogP contribution in [0, 0.1) is 17.8 Å². The summed E-state index contributed by atoms with van der Waals surface area (Å²) in [5, 5.41) is 6.92. The third-order valence-electron chi connectivity index (χ3n) is 0.604. The number of rotatable bonds is 2. The van der Waals surface area contributed by atoms with Crippen LogP contribution >= 0.6 is 0 Å². The summed E-state index contributed by atoms with van der Waals surface area (Å²) in [5.41, 5.74) is 0.542. The molecular weight excluding hydrogens is 98.1 g/mol. The van der Waals surface area contributed by atoms with E-state index in [1.165, 1.54) is 0 Å². The van der Waals surface area contributed by atoms with Crippen LogP contribution in [0.3, 0.4) is 0 Å². The molecule has 0 spiro atoms. The Hall–Kier alpha value is -1.03. The van der Waals surface area contributed by atoms with Gasteiger partial charge in [-0.1, -0.05) is 6.08 Å². The monoisotopic (exact) mass is 107 g/mol. The van der Waals surface area contributed by atoms with Crippen LogP contribution in [0.5, 0.6) is 0 Å². The maximum atomic E-state index is 6.92. The zero-order valence-electron chi connectivity index (χ0n) is 4.94. The molecule has 0 heterocycles. The molecule has 1 N–H and O–H groups in total. The molecule has 0 atom stereocenters. The Morgan fingerprint density at radius 1 is 1.88 bits per heavy atom. The summed E-state index contributed by atoms with van der Waals surface area (Å²) in [6, 6.07) is 0. The van der Waals surface area contributed by atoms with Crippen LogP contribution in [0.4, 0.5) is 0 Å². The van der Waals surface area contributed by atoms with Crippen LogP contribution in [0.25, 0.3) is 0 Å². The van der Waals surface area contributed by atoms with Gasteiger partial charge in [0.2, 0.25) is 0 Å². The van der Waals surface area contributed by atoms with Crippen molar-refractivity contribution >= 4 is 5.71 Å². The van der Waals surface area contributed by atoms with E-state index < -0.39 is 0 Å². The highest BCUT2D eigenvalue weighted by Crippen LogP contribution is 1.79. The molecule has 0 aliphatic rings. The lowest BCUT2D eigenvalue weighted by Gasteiger charge is -1.78. The number of nitrogens with one attached hydrogen (secondary N) is 1. The third kappa shape index (κ3) is 4.97. The Labute approximate surface area is 49.9 Å². The number of hydrogen-bond donors (Lipinski definition) is 1. The molecule has 1 nitrogen and oxygen atoms in total. The summed E-state index contributed by atoms with van der Waals surface area (Å²) in [6.07, 6.45) is 9.05. The fourth-order valence-corrected chi connectivity index (χ4v) is 0.304. The summed E-state index contributed by atoms with van der Waals surface area (Å²) < 4.78 is 0. The molecule has 0 unspecified atom stereocenters. The molecule has 0 saturated heterocycles. The molecule has 0 amide bonds. The maximum Gasteiger partial charge on any atom is 0.0280 e. The van der Waals surface area contributed by atoms with E-state index in [0.717, 1.165) is 0 Å². The van der Waals surface area contributed by atoms with Crippen molar-refractivity contribution < 1.29 is 0 Å². The molecule has 1 heteroatoms. The second-order valence-electron chi connectivity index (χ2n) is 1.49. The first-order chi connectivity index (χ1) is 3.77. The minimum Gasteiger partial charge on any atom is -0.306 e. The summed E-state index contributed by atoms with van der Waals surface area (Å²) in [7, 11) is 0. The van der Waals surface area contributed by atoms with E-state index >= 15 is 0 Å². The van der Waals surface area contributed by atoms with E-state index in [1.54, 1.807) is 19.1 Å².